The molecule has 0 spiro atoms. The Balaban J connectivity index is 1.88. The Morgan fingerprint density at radius 1 is 1.57 bits per heavy atom. The van der Waals surface area contributed by atoms with Crippen LogP contribution in [0.5, 0.6) is 5.75 Å². The lowest BCUT2D eigenvalue weighted by molar-refractivity contribution is -0.138. The standard InChI is InChI=1S/C16H23ClN2O4/c1-18(11-16(20)21)9-13-10-19(5-6-23-13)8-12-3-4-15(22-2)14(17)7-12/h3-4,7,13H,5-6,8-11H2,1-2H3,(H,20,21). The molecule has 0 saturated carbocycles. The number of hydrogen-bond acceptors (Lipinski definition) is 5. The fraction of sp³-hybridized carbons (Fsp3) is 0.562. The maximum absolute atomic E-state index is 10.7. The lowest BCUT2D eigenvalue weighted by Crippen LogP contribution is -2.47. The highest BCUT2D eigenvalue weighted by Crippen LogP contribution is 2.25. The second kappa shape index (κ2) is 8.49. The molecule has 0 aromatic heterocycles. The van der Waals surface area contributed by atoms with E-state index < -0.39 is 5.97 Å². The number of aliphatic carboxylic acids is 1. The first-order valence-electron chi connectivity index (χ1n) is 7.54. The predicted molar refractivity (Wildman–Crippen MR) is 88.2 cm³/mol. The number of hydrogen-bond donors (Lipinski definition) is 1. The fourth-order valence-corrected chi connectivity index (χ4v) is 3.02. The molecule has 0 amide bonds. The number of methoxy groups -OCH3 is 1. The van der Waals surface area contributed by atoms with Crippen molar-refractivity contribution in [2.45, 2.75) is 12.6 Å². The van der Waals surface area contributed by atoms with Crippen LogP contribution in [0.15, 0.2) is 18.2 Å². The molecule has 0 radical (unpaired) electrons. The van der Waals surface area contributed by atoms with Crippen LogP contribution in [0.25, 0.3) is 0 Å². The van der Waals surface area contributed by atoms with Crippen LogP contribution in [0.1, 0.15) is 5.56 Å². The third-order valence-electron chi connectivity index (χ3n) is 3.77. The minimum Gasteiger partial charge on any atom is -0.495 e. The van der Waals surface area contributed by atoms with E-state index in [9.17, 15) is 4.79 Å². The van der Waals surface area contributed by atoms with Crippen molar-refractivity contribution < 1.29 is 19.4 Å². The number of likely N-dealkylation sites (N-methyl/N-ethyl adjacent to an activating group) is 1. The van der Waals surface area contributed by atoms with Crippen molar-refractivity contribution in [1.82, 2.24) is 9.80 Å². The van der Waals surface area contributed by atoms with Crippen molar-refractivity contribution in [3.8, 4) is 5.75 Å². The van der Waals surface area contributed by atoms with E-state index in [0.717, 1.165) is 25.2 Å². The third kappa shape index (κ3) is 5.66. The van der Waals surface area contributed by atoms with Gasteiger partial charge in [0, 0.05) is 26.2 Å². The molecule has 0 aliphatic carbocycles. The average molecular weight is 343 g/mol. The zero-order valence-electron chi connectivity index (χ0n) is 13.5. The minimum absolute atomic E-state index is 0.0156. The van der Waals surface area contributed by atoms with Gasteiger partial charge >= 0.3 is 5.97 Å². The molecule has 1 N–H and O–H groups in total. The molecule has 1 saturated heterocycles. The summed E-state index contributed by atoms with van der Waals surface area (Å²) < 4.78 is 10.9. The van der Waals surface area contributed by atoms with Gasteiger partial charge in [0.15, 0.2) is 0 Å². The van der Waals surface area contributed by atoms with Gasteiger partial charge in [-0.05, 0) is 24.7 Å². The van der Waals surface area contributed by atoms with Gasteiger partial charge in [-0.25, -0.2) is 0 Å². The molecule has 1 fully saturated rings. The first kappa shape index (κ1) is 18.0. The summed E-state index contributed by atoms with van der Waals surface area (Å²) in [5, 5.41) is 9.42. The highest BCUT2D eigenvalue weighted by atomic mass is 35.5. The van der Waals surface area contributed by atoms with Crippen LogP contribution in [0.2, 0.25) is 5.02 Å². The first-order valence-corrected chi connectivity index (χ1v) is 7.92. The van der Waals surface area contributed by atoms with Gasteiger partial charge in [0.05, 0.1) is 31.4 Å². The molecule has 1 unspecified atom stereocenters. The molecule has 1 aliphatic rings. The van der Waals surface area contributed by atoms with Crippen molar-refractivity contribution in [2.24, 2.45) is 0 Å². The summed E-state index contributed by atoms with van der Waals surface area (Å²) in [4.78, 5) is 14.8. The van der Waals surface area contributed by atoms with Gasteiger partial charge < -0.3 is 14.6 Å². The van der Waals surface area contributed by atoms with E-state index in [2.05, 4.69) is 4.90 Å². The van der Waals surface area contributed by atoms with Crippen LogP contribution >= 0.6 is 11.6 Å². The van der Waals surface area contributed by atoms with Crippen molar-refractivity contribution in [3.05, 3.63) is 28.8 Å². The summed E-state index contributed by atoms with van der Waals surface area (Å²) in [7, 11) is 3.39. The summed E-state index contributed by atoms with van der Waals surface area (Å²) in [6.45, 7) is 3.68. The molecule has 2 rings (SSSR count). The van der Waals surface area contributed by atoms with E-state index in [1.165, 1.54) is 0 Å². The Labute approximate surface area is 141 Å². The average Bonchev–Trinajstić information content (AvgIpc) is 2.47. The molecule has 1 heterocycles. The van der Waals surface area contributed by atoms with Crippen molar-refractivity contribution in [2.75, 3.05) is 46.9 Å². The number of halogens is 1. The summed E-state index contributed by atoms with van der Waals surface area (Å²) in [5.41, 5.74) is 1.12. The van der Waals surface area contributed by atoms with Crippen molar-refractivity contribution in [3.63, 3.8) is 0 Å². The van der Waals surface area contributed by atoms with Crippen LogP contribution in [-0.4, -0.2) is 73.9 Å². The number of carboxylic acids is 1. The molecular weight excluding hydrogens is 320 g/mol. The summed E-state index contributed by atoms with van der Waals surface area (Å²) >= 11 is 6.16. The van der Waals surface area contributed by atoms with Crippen LogP contribution in [0.4, 0.5) is 0 Å². The normalized spacial score (nSPS) is 19.0. The topological polar surface area (TPSA) is 62.2 Å². The van der Waals surface area contributed by atoms with Gasteiger partial charge in [0.2, 0.25) is 0 Å². The Hall–Kier alpha value is -1.34. The molecule has 7 heteroatoms. The number of nitrogens with zero attached hydrogens (tertiary/aromatic N) is 2. The second-order valence-electron chi connectivity index (χ2n) is 5.79. The fourth-order valence-electron chi connectivity index (χ4n) is 2.74. The maximum Gasteiger partial charge on any atom is 0.317 e. The number of rotatable bonds is 7. The molecule has 0 bridgehead atoms. The zero-order chi connectivity index (χ0) is 16.8. The number of carbonyl (C=O) groups is 1. The van der Waals surface area contributed by atoms with Gasteiger partial charge in [-0.2, -0.15) is 0 Å². The molecule has 1 aromatic carbocycles. The Bertz CT molecular complexity index is 541. The maximum atomic E-state index is 10.7. The molecule has 23 heavy (non-hydrogen) atoms. The summed E-state index contributed by atoms with van der Waals surface area (Å²) in [6.07, 6.45) is 0.0156. The van der Waals surface area contributed by atoms with E-state index in [4.69, 9.17) is 26.2 Å². The van der Waals surface area contributed by atoms with Gasteiger partial charge in [-0.15, -0.1) is 0 Å². The van der Waals surface area contributed by atoms with Crippen molar-refractivity contribution in [1.29, 1.82) is 0 Å². The van der Waals surface area contributed by atoms with Gasteiger partial charge in [0.25, 0.3) is 0 Å². The summed E-state index contributed by atoms with van der Waals surface area (Å²) in [6, 6.07) is 5.80. The van der Waals surface area contributed by atoms with E-state index in [1.54, 1.807) is 19.1 Å². The number of ether oxygens (including phenoxy) is 2. The van der Waals surface area contributed by atoms with Crippen LogP contribution < -0.4 is 4.74 Å². The summed E-state index contributed by atoms with van der Waals surface area (Å²) in [5.74, 6) is -0.154. The van der Waals surface area contributed by atoms with Gasteiger partial charge in [0.1, 0.15) is 5.75 Å². The van der Waals surface area contributed by atoms with E-state index >= 15 is 0 Å². The number of carboxylic acid groups (broad SMARTS) is 1. The molecule has 128 valence electrons. The first-order chi connectivity index (χ1) is 11.0. The quantitative estimate of drug-likeness (QED) is 0.811. The predicted octanol–water partition coefficient (Wildman–Crippen LogP) is 1.57. The van der Waals surface area contributed by atoms with Crippen LogP contribution in [0.3, 0.4) is 0 Å². The molecule has 6 nitrogen and oxygen atoms in total. The molecule has 1 aromatic rings. The minimum atomic E-state index is -0.826. The molecular formula is C16H23ClN2O4. The van der Waals surface area contributed by atoms with Gasteiger partial charge in [-0.1, -0.05) is 17.7 Å². The largest absolute Gasteiger partial charge is 0.495 e. The highest BCUT2D eigenvalue weighted by molar-refractivity contribution is 6.32. The Morgan fingerprint density at radius 2 is 2.35 bits per heavy atom. The van der Waals surface area contributed by atoms with Crippen molar-refractivity contribution >= 4 is 17.6 Å². The van der Waals surface area contributed by atoms with E-state index in [-0.39, 0.29) is 12.6 Å². The number of benzene rings is 1. The van der Waals surface area contributed by atoms with E-state index in [0.29, 0.717) is 23.9 Å². The van der Waals surface area contributed by atoms with E-state index in [1.807, 2.05) is 18.2 Å². The smallest absolute Gasteiger partial charge is 0.317 e. The number of morpholine rings is 1. The SMILES string of the molecule is COc1ccc(CN2CCOC(CN(C)CC(=O)O)C2)cc1Cl. The molecule has 1 aliphatic heterocycles. The third-order valence-corrected chi connectivity index (χ3v) is 4.06. The highest BCUT2D eigenvalue weighted by Gasteiger charge is 2.22. The lowest BCUT2D eigenvalue weighted by atomic mass is 10.1. The lowest BCUT2D eigenvalue weighted by Gasteiger charge is -2.34. The second-order valence-corrected chi connectivity index (χ2v) is 6.19. The monoisotopic (exact) mass is 342 g/mol. The molecule has 1 atom stereocenters. The van der Waals surface area contributed by atoms with Crippen LogP contribution in [-0.2, 0) is 16.1 Å². The zero-order valence-corrected chi connectivity index (χ0v) is 14.3. The Kier molecular flexibility index (Phi) is 6.65. The van der Waals surface area contributed by atoms with Crippen LogP contribution in [0, 0.1) is 0 Å². The van der Waals surface area contributed by atoms with Gasteiger partial charge in [-0.3, -0.25) is 14.6 Å². The Morgan fingerprint density at radius 3 is 3.00 bits per heavy atom.